The Morgan fingerprint density at radius 2 is 0.469 bits per heavy atom. The molecular formula is C34H4BBr6F20IO2. The number of furan rings is 2. The van der Waals surface area contributed by atoms with Gasteiger partial charge >= 0.3 is 28.7 Å². The van der Waals surface area contributed by atoms with E-state index in [4.69, 9.17) is 8.83 Å². The maximum Gasteiger partial charge on any atom is 0.442 e. The topological polar surface area (TPSA) is 26.3 Å². The van der Waals surface area contributed by atoms with Crippen LogP contribution in [0.2, 0.25) is 0 Å². The maximum atomic E-state index is 15.4. The second kappa shape index (κ2) is 19.0. The van der Waals surface area contributed by atoms with Crippen molar-refractivity contribution in [3.63, 3.8) is 0 Å². The third-order valence-electron chi connectivity index (χ3n) is 8.60. The van der Waals surface area contributed by atoms with Crippen molar-refractivity contribution >= 4 is 124 Å². The molecule has 6 aromatic rings. The van der Waals surface area contributed by atoms with Gasteiger partial charge in [-0.25, -0.2) is 87.8 Å². The molecule has 0 saturated heterocycles. The van der Waals surface area contributed by atoms with Gasteiger partial charge in [-0.05, 0) is 12.1 Å². The summed E-state index contributed by atoms with van der Waals surface area (Å²) in [6, 6.07) is 7.77. The molecule has 30 heteroatoms. The van der Waals surface area contributed by atoms with Crippen LogP contribution in [0.25, 0.3) is 0 Å². The van der Waals surface area contributed by atoms with Crippen molar-refractivity contribution < 1.29 is 118 Å². The molecule has 0 aliphatic heterocycles. The minimum absolute atomic E-state index is 0.485. The van der Waals surface area contributed by atoms with Crippen LogP contribution in [0.4, 0.5) is 87.8 Å². The predicted octanol–water partition coefficient (Wildman–Crippen LogP) is 9.44. The fourth-order valence-electron chi connectivity index (χ4n) is 6.00. The fourth-order valence-corrected chi connectivity index (χ4v) is 9.22. The summed E-state index contributed by atoms with van der Waals surface area (Å²) < 4.78 is 306. The number of halogens is 27. The number of hydrogen-bond acceptors (Lipinski definition) is 2. The summed E-state index contributed by atoms with van der Waals surface area (Å²) >= 11 is 20.1. The van der Waals surface area contributed by atoms with E-state index >= 15 is 35.1 Å². The van der Waals surface area contributed by atoms with E-state index in [0.717, 1.165) is 19.1 Å². The molecule has 0 radical (unpaired) electrons. The minimum Gasteiger partial charge on any atom is -0.420 e. The Kier molecular flexibility index (Phi) is 15.6. The van der Waals surface area contributed by atoms with Crippen LogP contribution < -0.4 is 43.1 Å². The molecule has 0 aliphatic carbocycles. The van der Waals surface area contributed by atoms with Gasteiger partial charge in [0.1, 0.15) is 64.2 Å². The molecule has 6 rings (SSSR count). The van der Waals surface area contributed by atoms with Crippen molar-refractivity contribution in [2.75, 3.05) is 0 Å². The van der Waals surface area contributed by atoms with Crippen LogP contribution in [0.5, 0.6) is 0 Å². The third kappa shape index (κ3) is 8.94. The summed E-state index contributed by atoms with van der Waals surface area (Å²) in [5.41, 5.74) is -14.3. The highest BCUT2D eigenvalue weighted by atomic mass is 127. The van der Waals surface area contributed by atoms with Gasteiger partial charge in [0.25, 0.3) is 0 Å². The molecule has 4 aromatic carbocycles. The zero-order valence-corrected chi connectivity index (χ0v) is 40.6. The summed E-state index contributed by atoms with van der Waals surface area (Å²) in [7, 11) is 0. The van der Waals surface area contributed by atoms with Crippen molar-refractivity contribution in [1.29, 1.82) is 0 Å². The average Bonchev–Trinajstić information content (AvgIpc) is 3.92. The molecule has 0 amide bonds. The largest absolute Gasteiger partial charge is 0.442 e. The Bertz CT molecular complexity index is 2430. The Morgan fingerprint density at radius 3 is 0.625 bits per heavy atom. The van der Waals surface area contributed by atoms with Crippen molar-refractivity contribution in [2.24, 2.45) is 0 Å². The summed E-state index contributed by atoms with van der Waals surface area (Å²) in [6.45, 7) is 0. The van der Waals surface area contributed by atoms with E-state index in [1.54, 1.807) is 0 Å². The lowest BCUT2D eigenvalue weighted by Crippen LogP contribution is -3.61. The molecule has 0 N–H and O–H groups in total. The van der Waals surface area contributed by atoms with Gasteiger partial charge < -0.3 is 8.83 Å². The van der Waals surface area contributed by atoms with Gasteiger partial charge in [0.2, 0.25) is 0 Å². The van der Waals surface area contributed by atoms with Crippen molar-refractivity contribution in [3.05, 3.63) is 160 Å². The van der Waals surface area contributed by atoms with E-state index < -0.39 is 170 Å². The van der Waals surface area contributed by atoms with E-state index in [1.165, 1.54) is 0 Å². The lowest BCUT2D eigenvalue weighted by molar-refractivity contribution is -0.636. The van der Waals surface area contributed by atoms with E-state index in [1.807, 2.05) is 24.3 Å². The zero-order valence-electron chi connectivity index (χ0n) is 28.9. The zero-order chi connectivity index (χ0) is 48.6. The number of alkyl halides is 6. The smallest absolute Gasteiger partial charge is 0.420 e. The minimum atomic E-state index is -7.22. The van der Waals surface area contributed by atoms with E-state index in [2.05, 4.69) is 95.6 Å². The molecule has 0 atom stereocenters. The summed E-state index contributed by atoms with van der Waals surface area (Å²) in [5, 5.41) is 0. The second-order valence-corrected chi connectivity index (χ2v) is 28.3. The van der Waals surface area contributed by atoms with Gasteiger partial charge in [0.15, 0.2) is 74.1 Å². The second-order valence-electron chi connectivity index (χ2n) is 12.1. The maximum absolute atomic E-state index is 15.4. The Hall–Kier alpha value is -2.29. The Labute approximate surface area is 402 Å². The first-order chi connectivity index (χ1) is 29.4. The van der Waals surface area contributed by atoms with E-state index in [-0.39, 0.29) is 0 Å². The van der Waals surface area contributed by atoms with Gasteiger partial charge in [-0.2, -0.15) is 0 Å². The van der Waals surface area contributed by atoms with Crippen molar-refractivity contribution in [1.82, 2.24) is 0 Å². The summed E-state index contributed by atoms with van der Waals surface area (Å²) in [6.07, 6.45) is -7.22. The molecule has 0 bridgehead atoms. The third-order valence-corrected chi connectivity index (χ3v) is 13.2. The van der Waals surface area contributed by atoms with Gasteiger partial charge in [0.05, 0.1) is 0 Å². The molecule has 0 spiro atoms. The van der Waals surface area contributed by atoms with E-state index in [0.29, 0.717) is 0 Å². The monoisotopic (exact) mass is 1440 g/mol. The van der Waals surface area contributed by atoms with Crippen molar-refractivity contribution in [2.45, 2.75) is 4.29 Å². The van der Waals surface area contributed by atoms with Gasteiger partial charge in [-0.1, -0.05) is 95.6 Å². The Balaban J connectivity index is 0.000000337. The van der Waals surface area contributed by atoms with E-state index in [9.17, 15) is 52.7 Å². The fraction of sp³-hybridized carbons (Fsp3) is 0.0588. The van der Waals surface area contributed by atoms with Crippen LogP contribution in [0.3, 0.4) is 0 Å². The standard InChI is InChI=1S/C24BF20.C10H4Br6IO2/c26-5-1(6(27)14(35)21(42)13(5)34)25(2-7(28)15(36)22(43)16(37)8(2)29,3-9(30)17(38)23(44)18(39)10(3)31)4-11(32)19(40)24(45)20(41)12(4)33;11-9(12,13)5-1-3-7(18-5)17-8-4-2-6(19-8)10(14,15)16/h;1-4H/q-1;+1. The van der Waals surface area contributed by atoms with Crippen LogP contribution in [0.1, 0.15) is 11.5 Å². The lowest BCUT2D eigenvalue weighted by atomic mass is 9.12. The first-order valence-electron chi connectivity index (χ1n) is 15.6. The molecule has 0 fully saturated rings. The van der Waals surface area contributed by atoms with Crippen LogP contribution >= 0.6 is 95.6 Å². The average molecular weight is 1440 g/mol. The van der Waals surface area contributed by atoms with Crippen LogP contribution in [-0.4, -0.2) is 6.15 Å². The molecular weight excluding hydrogens is 1440 g/mol. The Morgan fingerprint density at radius 1 is 0.297 bits per heavy atom. The van der Waals surface area contributed by atoms with Crippen LogP contribution in [0, 0.1) is 124 Å². The van der Waals surface area contributed by atoms with Crippen LogP contribution in [0.15, 0.2) is 33.1 Å². The van der Waals surface area contributed by atoms with Gasteiger partial charge in [-0.15, -0.1) is 21.9 Å². The molecule has 64 heavy (non-hydrogen) atoms. The lowest BCUT2D eigenvalue weighted by Gasteiger charge is -2.44. The molecule has 0 unspecified atom stereocenters. The number of benzene rings is 4. The summed E-state index contributed by atoms with van der Waals surface area (Å²) in [4.78, 5) is 0. The highest BCUT2D eigenvalue weighted by molar-refractivity contribution is 9.39. The SMILES string of the molecule is BrC(Br)(Br)c1ccc([I+]c2ccc(C(Br)(Br)Br)o2)o1.Fc1c(F)c(F)c([B-](c2c(F)c(F)c(F)c(F)c2F)(c2c(F)c(F)c(F)c(F)c2F)c2c(F)c(F)c(F)c(F)c2F)c(F)c1F. The van der Waals surface area contributed by atoms with Crippen LogP contribution in [-0.2, 0) is 4.29 Å². The van der Waals surface area contributed by atoms with Crippen molar-refractivity contribution in [3.8, 4) is 0 Å². The normalized spacial score (nSPS) is 12.3. The molecule has 0 saturated carbocycles. The molecule has 0 aliphatic rings. The highest BCUT2D eigenvalue weighted by Gasteiger charge is 2.52. The van der Waals surface area contributed by atoms with Gasteiger partial charge in [-0.3, -0.25) is 0 Å². The quantitative estimate of drug-likeness (QED) is 0.0416. The van der Waals surface area contributed by atoms with Gasteiger partial charge in [0, 0.05) is 12.1 Å². The molecule has 2 aromatic heterocycles. The molecule has 2 heterocycles. The number of hydrogen-bond donors (Lipinski definition) is 0. The first-order valence-corrected chi connectivity index (χ1v) is 22.5. The first kappa shape index (κ1) is 52.7. The highest BCUT2D eigenvalue weighted by Crippen LogP contribution is 2.45. The summed E-state index contributed by atoms with van der Waals surface area (Å²) in [5.74, 6) is -69.9. The molecule has 2 nitrogen and oxygen atoms in total. The number of rotatable bonds is 6. The predicted molar refractivity (Wildman–Crippen MR) is 201 cm³/mol. The molecule has 344 valence electrons.